The van der Waals surface area contributed by atoms with E-state index in [0.717, 1.165) is 47.8 Å². The van der Waals surface area contributed by atoms with Crippen LogP contribution in [0.5, 0.6) is 5.75 Å². The number of aromatic hydroxyl groups is 1. The fraction of sp³-hybridized carbons (Fsp3) is 0.271. The first-order valence-electron chi connectivity index (χ1n) is 29.8. The van der Waals surface area contributed by atoms with Gasteiger partial charge in [-0.1, -0.05) is 98.5 Å². The minimum Gasteiger partial charge on any atom is -0.508 e. The summed E-state index contributed by atoms with van der Waals surface area (Å²) in [6.07, 6.45) is 6.70. The number of thiophene rings is 1. The number of amides is 7. The molecule has 7 amide bonds. The minimum absolute atomic E-state index is 0.0472. The molecule has 0 atom stereocenters. The molecule has 8 aromatic rings. The zero-order valence-electron chi connectivity index (χ0n) is 48.3. The molecule has 1 N–H and O–H groups in total. The Hall–Kier alpha value is -9.61. The van der Waals surface area contributed by atoms with Crippen molar-refractivity contribution in [3.63, 3.8) is 0 Å². The molecule has 0 saturated carbocycles. The Morgan fingerprint density at radius 3 is 1.45 bits per heavy atom. The number of carbonyl (C=O) groups is 9. The molecule has 11 rings (SSSR count). The zero-order chi connectivity index (χ0) is 60.7. The highest BCUT2D eigenvalue weighted by Crippen LogP contribution is 2.38. The van der Waals surface area contributed by atoms with E-state index < -0.39 is 5.97 Å². The number of aromatic nitrogens is 1. The summed E-state index contributed by atoms with van der Waals surface area (Å²) >= 11 is 1.24. The summed E-state index contributed by atoms with van der Waals surface area (Å²) in [7, 11) is 0. The zero-order valence-corrected chi connectivity index (χ0v) is 49.2. The number of rotatable bonds is 27. The lowest BCUT2D eigenvalue weighted by atomic mass is 10.0. The number of hydrogen-bond donors (Lipinski definition) is 1. The maximum atomic E-state index is 14.6. The van der Waals surface area contributed by atoms with Crippen LogP contribution in [-0.4, -0.2) is 122 Å². The van der Waals surface area contributed by atoms with Gasteiger partial charge in [-0.05, 0) is 141 Å². The molecular weight excluding hydrogens is 1120 g/mol. The van der Waals surface area contributed by atoms with Crippen molar-refractivity contribution in [2.75, 3.05) is 39.3 Å². The Kier molecular flexibility index (Phi) is 17.9. The molecule has 5 heterocycles. The van der Waals surface area contributed by atoms with Gasteiger partial charge in [0.1, 0.15) is 5.75 Å². The molecule has 3 aliphatic heterocycles. The van der Waals surface area contributed by atoms with Gasteiger partial charge in [0, 0.05) is 71.9 Å². The third-order valence-electron chi connectivity index (χ3n) is 16.4. The number of ketones is 1. The number of ether oxygens (including phenoxy) is 1. The van der Waals surface area contributed by atoms with Crippen molar-refractivity contribution in [1.82, 2.24) is 24.2 Å². The highest BCUT2D eigenvalue weighted by atomic mass is 32.1. The van der Waals surface area contributed by atoms with Gasteiger partial charge in [0.2, 0.25) is 5.78 Å². The minimum atomic E-state index is -0.437. The second kappa shape index (κ2) is 26.3. The molecule has 16 nitrogen and oxygen atoms in total. The van der Waals surface area contributed by atoms with Crippen molar-refractivity contribution in [3.05, 3.63) is 207 Å². The molecule has 0 aliphatic carbocycles. The number of phenolic OH excluding ortho intramolecular Hbond substituents is 1. The normalized spacial score (nSPS) is 13.5. The molecule has 2 aromatic heterocycles. The summed E-state index contributed by atoms with van der Waals surface area (Å²) in [5.74, 6) is -2.52. The van der Waals surface area contributed by atoms with Gasteiger partial charge in [-0.2, -0.15) is 0 Å². The van der Waals surface area contributed by atoms with Gasteiger partial charge in [0.25, 0.3) is 41.4 Å². The molecule has 3 aliphatic rings. The predicted octanol–water partition coefficient (Wildman–Crippen LogP) is 12.3. The first kappa shape index (κ1) is 59.1. The van der Waals surface area contributed by atoms with Crippen LogP contribution in [0.25, 0.3) is 32.6 Å². The number of esters is 1. The predicted molar refractivity (Wildman–Crippen MR) is 330 cm³/mol. The van der Waals surface area contributed by atoms with E-state index in [-0.39, 0.29) is 72.5 Å². The van der Waals surface area contributed by atoms with Gasteiger partial charge >= 0.3 is 5.97 Å². The molecule has 442 valence electrons. The fourth-order valence-corrected chi connectivity index (χ4v) is 13.1. The lowest BCUT2D eigenvalue weighted by Crippen LogP contribution is -2.33. The first-order chi connectivity index (χ1) is 42.3. The molecule has 0 unspecified atom stereocenters. The fourth-order valence-electron chi connectivity index (χ4n) is 11.9. The lowest BCUT2D eigenvalue weighted by Gasteiger charge is -2.23. The third-order valence-corrected chi connectivity index (χ3v) is 17.7. The Labute approximate surface area is 507 Å². The molecule has 0 bridgehead atoms. The third kappa shape index (κ3) is 12.4. The van der Waals surface area contributed by atoms with Crippen LogP contribution in [0.3, 0.4) is 0 Å². The summed E-state index contributed by atoms with van der Waals surface area (Å²) in [5, 5.41) is 11.2. The van der Waals surface area contributed by atoms with E-state index in [2.05, 4.69) is 4.57 Å². The quantitative estimate of drug-likeness (QED) is 0.0222. The van der Waals surface area contributed by atoms with Gasteiger partial charge in [-0.25, -0.2) is 0 Å². The first-order valence-corrected chi connectivity index (χ1v) is 30.6. The summed E-state index contributed by atoms with van der Waals surface area (Å²) in [5.41, 5.74) is 7.07. The second-order valence-electron chi connectivity index (χ2n) is 22.1. The number of fused-ring (bicyclic) bond motifs is 4. The smallest absolute Gasteiger partial charge is 0.310 e. The number of unbranched alkanes of at least 4 members (excludes halogenated alkanes) is 7. The van der Waals surface area contributed by atoms with E-state index in [0.29, 0.717) is 137 Å². The summed E-state index contributed by atoms with van der Waals surface area (Å²) in [6.45, 7) is 4.20. The maximum absolute atomic E-state index is 14.6. The number of imide groups is 3. The standard InChI is InChI=1S/C70H65N5O11S/c1-2-86-61(77)44-50-43-60(87-63(50)49-20-19-21-51(76)40-49)62(78)48-33-32-47-41-58(72(59(47)42-48)36-17-18-39-75-69(84)56-26-11-12-27-57(56)70(75)85)45-28-30-46(31-29-45)64(79)71(34-13-3-5-15-37-73-65(80)52-22-7-8-23-53(52)66(73)81)35-14-4-6-16-38-74-67(82)54-24-9-10-25-55(54)68(74)83/h7-12,19-33,40-43,76H,2-6,13-18,34-39,44H2,1H3. The average Bonchev–Trinajstić information content (AvgIpc) is 3.86. The van der Waals surface area contributed by atoms with E-state index in [1.165, 1.54) is 26.0 Å². The molecular formula is C70H65N5O11S. The summed E-state index contributed by atoms with van der Waals surface area (Å²) in [6, 6.07) is 44.0. The van der Waals surface area contributed by atoms with E-state index in [4.69, 9.17) is 4.74 Å². The number of carbonyl (C=O) groups excluding carboxylic acids is 9. The van der Waals surface area contributed by atoms with Crippen LogP contribution in [0.1, 0.15) is 164 Å². The van der Waals surface area contributed by atoms with E-state index in [1.54, 1.807) is 110 Å². The van der Waals surface area contributed by atoms with E-state index in [9.17, 15) is 48.3 Å². The molecule has 87 heavy (non-hydrogen) atoms. The monoisotopic (exact) mass is 1180 g/mol. The number of nitrogens with zero attached hydrogens (tertiary/aromatic N) is 5. The van der Waals surface area contributed by atoms with Gasteiger partial charge in [0.15, 0.2) is 0 Å². The van der Waals surface area contributed by atoms with Crippen LogP contribution in [0.4, 0.5) is 0 Å². The SMILES string of the molecule is CCOC(=O)Cc1cc(C(=O)c2ccc3cc(-c4ccc(C(=O)N(CCCCCCN5C(=O)c6ccccc6C5=O)CCCCCCN5C(=O)c6ccccc6C5=O)cc4)n(CCCCN4C(=O)c5ccccc5C4=O)c3c2)sc1-c1cccc(O)c1. The van der Waals surface area contributed by atoms with Crippen molar-refractivity contribution < 1.29 is 53.0 Å². The lowest BCUT2D eigenvalue weighted by molar-refractivity contribution is -0.142. The summed E-state index contributed by atoms with van der Waals surface area (Å²) in [4.78, 5) is 127. The molecule has 0 fully saturated rings. The average molecular weight is 1180 g/mol. The Morgan fingerprint density at radius 2 is 0.954 bits per heavy atom. The molecule has 0 radical (unpaired) electrons. The van der Waals surface area contributed by atoms with E-state index in [1.807, 2.05) is 53.4 Å². The molecule has 6 aromatic carbocycles. The van der Waals surface area contributed by atoms with Crippen LogP contribution in [-0.2, 0) is 22.5 Å². The van der Waals surface area contributed by atoms with Crippen LogP contribution in [0, 0.1) is 0 Å². The topological polar surface area (TPSA) is 201 Å². The van der Waals surface area contributed by atoms with Crippen molar-refractivity contribution in [3.8, 4) is 27.4 Å². The number of phenols is 1. The Balaban J connectivity index is 0.810. The molecule has 0 spiro atoms. The van der Waals surface area contributed by atoms with Crippen molar-refractivity contribution >= 4 is 75.3 Å². The number of aryl methyl sites for hydroxylation is 1. The van der Waals surface area contributed by atoms with Crippen molar-refractivity contribution in [2.24, 2.45) is 0 Å². The van der Waals surface area contributed by atoms with Crippen LogP contribution in [0.15, 0.2) is 152 Å². The van der Waals surface area contributed by atoms with Gasteiger partial charge in [0.05, 0.1) is 51.3 Å². The van der Waals surface area contributed by atoms with Crippen molar-refractivity contribution in [2.45, 2.75) is 84.1 Å². The van der Waals surface area contributed by atoms with Gasteiger partial charge in [-0.3, -0.25) is 57.9 Å². The molecule has 17 heteroatoms. The maximum Gasteiger partial charge on any atom is 0.310 e. The Bertz CT molecular complexity index is 3840. The van der Waals surface area contributed by atoms with Crippen LogP contribution >= 0.6 is 11.3 Å². The highest BCUT2D eigenvalue weighted by molar-refractivity contribution is 7.17. The second-order valence-corrected chi connectivity index (χ2v) is 23.2. The summed E-state index contributed by atoms with van der Waals surface area (Å²) < 4.78 is 7.40. The van der Waals surface area contributed by atoms with E-state index >= 15 is 0 Å². The van der Waals surface area contributed by atoms with Crippen molar-refractivity contribution in [1.29, 1.82) is 0 Å². The number of hydrogen-bond acceptors (Lipinski definition) is 12. The highest BCUT2D eigenvalue weighted by Gasteiger charge is 2.37. The van der Waals surface area contributed by atoms with Crippen LogP contribution in [0.2, 0.25) is 0 Å². The number of benzene rings is 6. The van der Waals surface area contributed by atoms with Gasteiger partial charge < -0.3 is 19.3 Å². The Morgan fingerprint density at radius 1 is 0.483 bits per heavy atom. The largest absolute Gasteiger partial charge is 0.508 e. The van der Waals surface area contributed by atoms with Gasteiger partial charge in [-0.15, -0.1) is 11.3 Å². The molecule has 0 saturated heterocycles. The van der Waals surface area contributed by atoms with Crippen LogP contribution < -0.4 is 0 Å².